The summed E-state index contributed by atoms with van der Waals surface area (Å²) in [6, 6.07) is 9.51. The molecular weight excluding hydrogens is 287 g/mol. The average molecular weight is 302 g/mol. The van der Waals surface area contributed by atoms with Crippen LogP contribution in [0.5, 0.6) is 5.75 Å². The molecule has 0 aliphatic rings. The van der Waals surface area contributed by atoms with E-state index in [0.717, 1.165) is 11.1 Å². The van der Waals surface area contributed by atoms with Crippen molar-refractivity contribution in [2.45, 2.75) is 13.5 Å². The molecule has 0 bridgehead atoms. The van der Waals surface area contributed by atoms with Crippen molar-refractivity contribution in [1.82, 2.24) is 4.98 Å². The minimum absolute atomic E-state index is 0.00274. The number of fused-ring (bicyclic) bond motifs is 1. The number of oxazole rings is 1. The van der Waals surface area contributed by atoms with Crippen LogP contribution in [0.3, 0.4) is 0 Å². The molecule has 2 N–H and O–H groups in total. The fourth-order valence-corrected chi connectivity index (χ4v) is 2.38. The van der Waals surface area contributed by atoms with Crippen LogP contribution in [0, 0.1) is 12.7 Å². The first-order chi connectivity index (χ1) is 10.6. The van der Waals surface area contributed by atoms with Crippen molar-refractivity contribution in [2.24, 2.45) is 0 Å². The van der Waals surface area contributed by atoms with Crippen LogP contribution in [0.15, 0.2) is 39.5 Å². The molecular formula is C16H15FN2O3. The van der Waals surface area contributed by atoms with E-state index in [1.165, 1.54) is 7.11 Å². The Balaban J connectivity index is 1.97. The minimum atomic E-state index is -0.702. The summed E-state index contributed by atoms with van der Waals surface area (Å²) in [6.07, 6.45) is 0. The van der Waals surface area contributed by atoms with Crippen LogP contribution in [0.25, 0.3) is 11.1 Å². The summed E-state index contributed by atoms with van der Waals surface area (Å²) in [5.41, 5.74) is 2.78. The number of anilines is 1. The molecule has 0 atom stereocenters. The van der Waals surface area contributed by atoms with Crippen LogP contribution >= 0.6 is 0 Å². The number of ether oxygens (including phenoxy) is 1. The molecule has 1 heterocycles. The van der Waals surface area contributed by atoms with Gasteiger partial charge < -0.3 is 14.5 Å². The standard InChI is InChI=1S/C16H15FN2O3/c1-9-4-3-5-10(6-9)8-18-11-7-12-14(19-16(20)22-12)13(17)15(11)21-2/h3-7,18H,8H2,1-2H3,(H,19,20). The monoisotopic (exact) mass is 302 g/mol. The fourth-order valence-electron chi connectivity index (χ4n) is 2.38. The summed E-state index contributed by atoms with van der Waals surface area (Å²) in [6.45, 7) is 2.50. The van der Waals surface area contributed by atoms with Gasteiger partial charge in [0.15, 0.2) is 17.1 Å². The summed E-state index contributed by atoms with van der Waals surface area (Å²) in [5, 5.41) is 3.11. The van der Waals surface area contributed by atoms with E-state index >= 15 is 0 Å². The van der Waals surface area contributed by atoms with Gasteiger partial charge >= 0.3 is 5.76 Å². The Morgan fingerprint density at radius 3 is 2.91 bits per heavy atom. The normalized spacial score (nSPS) is 10.9. The number of H-pyrrole nitrogens is 1. The first kappa shape index (κ1) is 14.2. The lowest BCUT2D eigenvalue weighted by Gasteiger charge is -2.12. The minimum Gasteiger partial charge on any atom is -0.492 e. The van der Waals surface area contributed by atoms with Gasteiger partial charge in [-0.3, -0.25) is 4.98 Å². The maximum Gasteiger partial charge on any atom is 0.417 e. The topological polar surface area (TPSA) is 67.3 Å². The molecule has 22 heavy (non-hydrogen) atoms. The number of methoxy groups -OCH3 is 1. The molecule has 0 unspecified atom stereocenters. The predicted molar refractivity (Wildman–Crippen MR) is 81.9 cm³/mol. The molecule has 0 aliphatic heterocycles. The van der Waals surface area contributed by atoms with Gasteiger partial charge in [0, 0.05) is 12.6 Å². The van der Waals surface area contributed by atoms with Crippen LogP contribution < -0.4 is 15.8 Å². The summed E-state index contributed by atoms with van der Waals surface area (Å²) in [4.78, 5) is 13.5. The van der Waals surface area contributed by atoms with E-state index in [1.54, 1.807) is 6.07 Å². The zero-order chi connectivity index (χ0) is 15.7. The van der Waals surface area contributed by atoms with Gasteiger partial charge in [0.25, 0.3) is 0 Å². The molecule has 2 aromatic carbocycles. The largest absolute Gasteiger partial charge is 0.492 e. The second-order valence-corrected chi connectivity index (χ2v) is 5.00. The van der Waals surface area contributed by atoms with Gasteiger partial charge in [-0.1, -0.05) is 29.8 Å². The van der Waals surface area contributed by atoms with Crippen LogP contribution in [0.1, 0.15) is 11.1 Å². The van der Waals surface area contributed by atoms with Crippen molar-refractivity contribution >= 4 is 16.8 Å². The van der Waals surface area contributed by atoms with Gasteiger partial charge in [-0.25, -0.2) is 9.18 Å². The number of hydrogen-bond acceptors (Lipinski definition) is 4. The molecule has 0 radical (unpaired) electrons. The van der Waals surface area contributed by atoms with E-state index in [-0.39, 0.29) is 16.8 Å². The Labute approximate surface area is 125 Å². The van der Waals surface area contributed by atoms with Crippen molar-refractivity contribution in [2.75, 3.05) is 12.4 Å². The van der Waals surface area contributed by atoms with Crippen LogP contribution in [0.4, 0.5) is 10.1 Å². The SMILES string of the molecule is COc1c(NCc2cccc(C)c2)cc2oc(=O)[nH]c2c1F. The lowest BCUT2D eigenvalue weighted by Crippen LogP contribution is -2.03. The maximum absolute atomic E-state index is 14.3. The number of hydrogen-bond donors (Lipinski definition) is 2. The van der Waals surface area contributed by atoms with Gasteiger partial charge in [0.05, 0.1) is 12.8 Å². The smallest absolute Gasteiger partial charge is 0.417 e. The van der Waals surface area contributed by atoms with Crippen molar-refractivity contribution in [3.63, 3.8) is 0 Å². The van der Waals surface area contributed by atoms with Gasteiger partial charge in [0.2, 0.25) is 0 Å². The molecule has 3 rings (SSSR count). The summed E-state index contributed by atoms with van der Waals surface area (Å²) in [7, 11) is 1.38. The number of halogens is 1. The highest BCUT2D eigenvalue weighted by Gasteiger charge is 2.17. The van der Waals surface area contributed by atoms with Crippen molar-refractivity contribution in [3.8, 4) is 5.75 Å². The van der Waals surface area contributed by atoms with Crippen LogP contribution in [0.2, 0.25) is 0 Å². The van der Waals surface area contributed by atoms with E-state index in [0.29, 0.717) is 12.2 Å². The first-order valence-corrected chi connectivity index (χ1v) is 6.77. The van der Waals surface area contributed by atoms with Crippen LogP contribution in [-0.4, -0.2) is 12.1 Å². The lowest BCUT2D eigenvalue weighted by molar-refractivity contribution is 0.390. The summed E-state index contributed by atoms with van der Waals surface area (Å²) in [5.74, 6) is -1.32. The third kappa shape index (κ3) is 2.55. The van der Waals surface area contributed by atoms with E-state index < -0.39 is 11.6 Å². The zero-order valence-electron chi connectivity index (χ0n) is 12.2. The summed E-state index contributed by atoms with van der Waals surface area (Å²) < 4.78 is 24.4. The Morgan fingerprint density at radius 1 is 1.36 bits per heavy atom. The van der Waals surface area contributed by atoms with E-state index in [9.17, 15) is 9.18 Å². The highest BCUT2D eigenvalue weighted by atomic mass is 19.1. The summed E-state index contributed by atoms with van der Waals surface area (Å²) >= 11 is 0. The van der Waals surface area contributed by atoms with Gasteiger partial charge in [0.1, 0.15) is 5.52 Å². The number of rotatable bonds is 4. The van der Waals surface area contributed by atoms with Gasteiger partial charge in [-0.05, 0) is 12.5 Å². The number of benzene rings is 2. The number of nitrogens with one attached hydrogen (secondary N) is 2. The molecule has 0 amide bonds. The van der Waals surface area contributed by atoms with Gasteiger partial charge in [-0.2, -0.15) is 0 Å². The second kappa shape index (κ2) is 5.55. The number of aromatic amines is 1. The molecule has 0 saturated heterocycles. The Morgan fingerprint density at radius 2 is 2.18 bits per heavy atom. The van der Waals surface area contributed by atoms with Crippen molar-refractivity contribution in [3.05, 3.63) is 57.8 Å². The second-order valence-electron chi connectivity index (χ2n) is 5.00. The Bertz CT molecular complexity index is 883. The highest BCUT2D eigenvalue weighted by molar-refractivity contribution is 5.82. The van der Waals surface area contributed by atoms with Gasteiger partial charge in [-0.15, -0.1) is 0 Å². The van der Waals surface area contributed by atoms with Crippen molar-refractivity contribution in [1.29, 1.82) is 0 Å². The molecule has 0 spiro atoms. The van der Waals surface area contributed by atoms with E-state index in [4.69, 9.17) is 9.15 Å². The molecule has 3 aromatic rings. The lowest BCUT2D eigenvalue weighted by atomic mass is 10.1. The molecule has 6 heteroatoms. The quantitative estimate of drug-likeness (QED) is 0.776. The zero-order valence-corrected chi connectivity index (χ0v) is 12.2. The fraction of sp³-hybridized carbons (Fsp3) is 0.188. The molecule has 5 nitrogen and oxygen atoms in total. The van der Waals surface area contributed by atoms with E-state index in [1.807, 2.05) is 31.2 Å². The number of aromatic nitrogens is 1. The molecule has 114 valence electrons. The predicted octanol–water partition coefficient (Wildman–Crippen LogP) is 3.19. The Hall–Kier alpha value is -2.76. The Kier molecular flexibility index (Phi) is 3.58. The van der Waals surface area contributed by atoms with Crippen molar-refractivity contribution < 1.29 is 13.5 Å². The molecule has 0 fully saturated rings. The molecule has 0 aliphatic carbocycles. The number of aryl methyl sites for hydroxylation is 1. The molecule has 0 saturated carbocycles. The third-order valence-electron chi connectivity index (χ3n) is 3.38. The first-order valence-electron chi connectivity index (χ1n) is 6.77. The maximum atomic E-state index is 14.3. The average Bonchev–Trinajstić information content (AvgIpc) is 2.86. The molecule has 1 aromatic heterocycles. The van der Waals surface area contributed by atoms with E-state index in [2.05, 4.69) is 10.3 Å². The highest BCUT2D eigenvalue weighted by Crippen LogP contribution is 2.33. The van der Waals surface area contributed by atoms with Crippen LogP contribution in [-0.2, 0) is 6.54 Å². The third-order valence-corrected chi connectivity index (χ3v) is 3.38.